The Labute approximate surface area is 146 Å². The predicted octanol–water partition coefficient (Wildman–Crippen LogP) is 3.07. The number of fused-ring (bicyclic) bond motifs is 1. The maximum Gasteiger partial charge on any atom is 0.267 e. The van der Waals surface area contributed by atoms with E-state index in [1.54, 1.807) is 24.5 Å². The lowest BCUT2D eigenvalue weighted by molar-refractivity contribution is 0.143. The zero-order valence-corrected chi connectivity index (χ0v) is 14.6. The van der Waals surface area contributed by atoms with Gasteiger partial charge in [0, 0.05) is 12.0 Å². The number of aliphatic hydroxyl groups is 1. The molecule has 1 N–H and O–H groups in total. The van der Waals surface area contributed by atoms with Crippen LogP contribution >= 0.6 is 0 Å². The van der Waals surface area contributed by atoms with Gasteiger partial charge in [0.25, 0.3) is 5.56 Å². The molecule has 3 aromatic rings. The molecule has 0 bridgehead atoms. The first kappa shape index (κ1) is 16.9. The van der Waals surface area contributed by atoms with Gasteiger partial charge in [0.1, 0.15) is 11.4 Å². The topological polar surface area (TPSA) is 55.1 Å². The van der Waals surface area contributed by atoms with Crippen LogP contribution in [-0.4, -0.2) is 20.3 Å². The third-order valence-corrected chi connectivity index (χ3v) is 3.80. The minimum atomic E-state index is -1.13. The van der Waals surface area contributed by atoms with Crippen molar-refractivity contribution in [3.63, 3.8) is 0 Å². The van der Waals surface area contributed by atoms with Gasteiger partial charge in [-0.25, -0.2) is 4.98 Å². The molecule has 0 aliphatic rings. The van der Waals surface area contributed by atoms with Crippen LogP contribution in [0.15, 0.2) is 53.3 Å². The number of para-hydroxylation sites is 1. The number of benzene rings is 2. The van der Waals surface area contributed by atoms with Gasteiger partial charge >= 0.3 is 0 Å². The summed E-state index contributed by atoms with van der Waals surface area (Å²) in [5, 5.41) is 10.3. The van der Waals surface area contributed by atoms with Crippen LogP contribution in [0.3, 0.4) is 0 Å². The summed E-state index contributed by atoms with van der Waals surface area (Å²) in [6.07, 6.45) is 0.639. The Morgan fingerprint density at radius 2 is 1.84 bits per heavy atom. The molecule has 4 nitrogen and oxygen atoms in total. The number of rotatable bonds is 2. The fourth-order valence-electron chi connectivity index (χ4n) is 2.68. The second-order valence-corrected chi connectivity index (χ2v) is 6.37. The van der Waals surface area contributed by atoms with E-state index in [9.17, 15) is 9.90 Å². The van der Waals surface area contributed by atoms with Crippen molar-refractivity contribution in [1.82, 2.24) is 9.55 Å². The molecule has 0 fully saturated rings. The Hall–Kier alpha value is -2.90. The van der Waals surface area contributed by atoms with Gasteiger partial charge in [0.15, 0.2) is 0 Å². The molecule has 0 unspecified atom stereocenters. The Morgan fingerprint density at radius 1 is 1.12 bits per heavy atom. The Morgan fingerprint density at radius 3 is 2.48 bits per heavy atom. The molecule has 0 aliphatic carbocycles. The van der Waals surface area contributed by atoms with Gasteiger partial charge in [0.05, 0.1) is 16.6 Å². The number of aryl methyl sites for hydroxylation is 1. The minimum Gasteiger partial charge on any atom is -0.378 e. The van der Waals surface area contributed by atoms with E-state index in [-0.39, 0.29) is 5.56 Å². The third kappa shape index (κ3) is 3.47. The van der Waals surface area contributed by atoms with Crippen LogP contribution in [-0.2, 0) is 6.42 Å². The first-order valence-electron chi connectivity index (χ1n) is 8.26. The zero-order chi connectivity index (χ0) is 18.0. The number of hydrogen-bond acceptors (Lipinski definition) is 3. The standard InChI is InChI=1S/C21H20N2O2/c1-4-18-22-17-12-8-9-15(13-14-21(2,3)25)19(17)20(24)23(18)16-10-6-5-7-11-16/h5-12,25H,4H2,1-3H3. The van der Waals surface area contributed by atoms with Crippen LogP contribution in [0.1, 0.15) is 32.2 Å². The summed E-state index contributed by atoms with van der Waals surface area (Å²) >= 11 is 0. The SMILES string of the molecule is CCc1nc2cccc(C#CC(C)(C)O)c2c(=O)n1-c1ccccc1. The van der Waals surface area contributed by atoms with Crippen molar-refractivity contribution in [2.24, 2.45) is 0 Å². The molecule has 126 valence electrons. The normalized spacial score (nSPS) is 11.2. The molecule has 2 aromatic carbocycles. The van der Waals surface area contributed by atoms with Crippen LogP contribution in [0, 0.1) is 11.8 Å². The van der Waals surface area contributed by atoms with Gasteiger partial charge in [-0.3, -0.25) is 9.36 Å². The van der Waals surface area contributed by atoms with Crippen molar-refractivity contribution in [3.8, 4) is 17.5 Å². The summed E-state index contributed by atoms with van der Waals surface area (Å²) in [7, 11) is 0. The molecule has 0 amide bonds. The second-order valence-electron chi connectivity index (χ2n) is 6.37. The molecule has 0 aliphatic heterocycles. The van der Waals surface area contributed by atoms with Crippen molar-refractivity contribution in [3.05, 3.63) is 70.3 Å². The van der Waals surface area contributed by atoms with Gasteiger partial charge < -0.3 is 5.11 Å². The summed E-state index contributed by atoms with van der Waals surface area (Å²) in [6, 6.07) is 14.9. The monoisotopic (exact) mass is 332 g/mol. The molecule has 0 spiro atoms. The smallest absolute Gasteiger partial charge is 0.267 e. The Bertz CT molecular complexity index is 1030. The van der Waals surface area contributed by atoms with Gasteiger partial charge in [-0.05, 0) is 38.1 Å². The molecule has 3 rings (SSSR count). The summed E-state index contributed by atoms with van der Waals surface area (Å²) in [5.74, 6) is 6.41. The number of aromatic nitrogens is 2. The molecule has 0 saturated heterocycles. The van der Waals surface area contributed by atoms with Crippen molar-refractivity contribution >= 4 is 10.9 Å². The first-order chi connectivity index (χ1) is 11.9. The van der Waals surface area contributed by atoms with Crippen molar-refractivity contribution < 1.29 is 5.11 Å². The summed E-state index contributed by atoms with van der Waals surface area (Å²) in [4.78, 5) is 17.9. The summed E-state index contributed by atoms with van der Waals surface area (Å²) in [5.41, 5.74) is 0.705. The van der Waals surface area contributed by atoms with Crippen LogP contribution in [0.2, 0.25) is 0 Å². The largest absolute Gasteiger partial charge is 0.378 e. The van der Waals surface area contributed by atoms with E-state index in [1.807, 2.05) is 49.4 Å². The van der Waals surface area contributed by atoms with Crippen LogP contribution in [0.5, 0.6) is 0 Å². The van der Waals surface area contributed by atoms with E-state index in [0.29, 0.717) is 28.7 Å². The average Bonchev–Trinajstić information content (AvgIpc) is 2.59. The van der Waals surface area contributed by atoms with E-state index in [0.717, 1.165) is 5.69 Å². The fraction of sp³-hybridized carbons (Fsp3) is 0.238. The highest BCUT2D eigenvalue weighted by Crippen LogP contribution is 2.17. The minimum absolute atomic E-state index is 0.145. The highest BCUT2D eigenvalue weighted by atomic mass is 16.3. The van der Waals surface area contributed by atoms with Crippen molar-refractivity contribution in [2.75, 3.05) is 0 Å². The van der Waals surface area contributed by atoms with Crippen molar-refractivity contribution in [1.29, 1.82) is 0 Å². The van der Waals surface area contributed by atoms with E-state index in [2.05, 4.69) is 16.8 Å². The van der Waals surface area contributed by atoms with Gasteiger partial charge in [0.2, 0.25) is 0 Å². The zero-order valence-electron chi connectivity index (χ0n) is 14.6. The van der Waals surface area contributed by atoms with E-state index in [1.165, 1.54) is 0 Å². The Balaban J connectivity index is 2.37. The van der Waals surface area contributed by atoms with Crippen LogP contribution in [0.4, 0.5) is 0 Å². The van der Waals surface area contributed by atoms with E-state index >= 15 is 0 Å². The van der Waals surface area contributed by atoms with Gasteiger partial charge in [-0.2, -0.15) is 0 Å². The van der Waals surface area contributed by atoms with Crippen molar-refractivity contribution in [2.45, 2.75) is 32.8 Å². The van der Waals surface area contributed by atoms with E-state index in [4.69, 9.17) is 0 Å². The Kier molecular flexibility index (Phi) is 4.43. The molecular formula is C21H20N2O2. The molecule has 0 radical (unpaired) electrons. The highest BCUT2D eigenvalue weighted by Gasteiger charge is 2.14. The molecule has 0 atom stereocenters. The van der Waals surface area contributed by atoms with Gasteiger partial charge in [-0.1, -0.05) is 43.0 Å². The molecular weight excluding hydrogens is 312 g/mol. The molecule has 1 aromatic heterocycles. The lowest BCUT2D eigenvalue weighted by Gasteiger charge is -2.13. The lowest BCUT2D eigenvalue weighted by Crippen LogP contribution is -2.24. The van der Waals surface area contributed by atoms with Crippen LogP contribution in [0.25, 0.3) is 16.6 Å². The molecule has 1 heterocycles. The molecule has 25 heavy (non-hydrogen) atoms. The number of hydrogen-bond donors (Lipinski definition) is 1. The van der Waals surface area contributed by atoms with Crippen LogP contribution < -0.4 is 5.56 Å². The quantitative estimate of drug-likeness (QED) is 0.734. The summed E-state index contributed by atoms with van der Waals surface area (Å²) < 4.78 is 1.64. The maximum atomic E-state index is 13.2. The summed E-state index contributed by atoms with van der Waals surface area (Å²) in [6.45, 7) is 5.20. The first-order valence-corrected chi connectivity index (χ1v) is 8.26. The molecule has 0 saturated carbocycles. The average molecular weight is 332 g/mol. The second kappa shape index (κ2) is 6.54. The molecule has 4 heteroatoms. The number of nitrogens with zero attached hydrogens (tertiary/aromatic N) is 2. The maximum absolute atomic E-state index is 13.2. The third-order valence-electron chi connectivity index (χ3n) is 3.80. The van der Waals surface area contributed by atoms with Gasteiger partial charge in [-0.15, -0.1) is 0 Å². The van der Waals surface area contributed by atoms with E-state index < -0.39 is 5.60 Å². The lowest BCUT2D eigenvalue weighted by atomic mass is 10.1. The fourth-order valence-corrected chi connectivity index (χ4v) is 2.68. The predicted molar refractivity (Wildman–Crippen MR) is 99.9 cm³/mol. The highest BCUT2D eigenvalue weighted by molar-refractivity contribution is 5.84.